The molecule has 1 aromatic carbocycles. The summed E-state index contributed by atoms with van der Waals surface area (Å²) in [5, 5.41) is 11.5. The number of ether oxygens (including phenoxy) is 2. The van der Waals surface area contributed by atoms with Gasteiger partial charge in [0.1, 0.15) is 6.42 Å². The largest absolute Gasteiger partial charge is 0.466 e. The van der Waals surface area contributed by atoms with Crippen molar-refractivity contribution in [2.75, 3.05) is 18.5 Å². The molecule has 0 aliphatic carbocycles. The first-order valence-corrected chi connectivity index (χ1v) is 10.9. The molecule has 1 aromatic rings. The molecule has 26 heavy (non-hydrogen) atoms. The maximum atomic E-state index is 11.1. The average Bonchev–Trinajstić information content (AvgIpc) is 2.48. The smallest absolute Gasteiger partial charge is 0.317 e. The molecule has 1 rings (SSSR count). The van der Waals surface area contributed by atoms with Crippen molar-refractivity contribution in [1.29, 1.82) is 0 Å². The third-order valence-electron chi connectivity index (χ3n) is 2.53. The van der Waals surface area contributed by atoms with Crippen molar-refractivity contribution in [2.24, 2.45) is 0 Å². The maximum absolute atomic E-state index is 11.1. The van der Waals surface area contributed by atoms with E-state index in [1.54, 1.807) is 13.8 Å². The predicted molar refractivity (Wildman–Crippen MR) is 90.8 cm³/mol. The zero-order chi connectivity index (χ0) is 20.3. The molecule has 0 unspecified atom stereocenters. The molecule has 0 aliphatic rings. The van der Waals surface area contributed by atoms with E-state index in [-0.39, 0.29) is 35.4 Å². The molecule has 0 saturated carbocycles. The quantitative estimate of drug-likeness (QED) is 0.198. The monoisotopic (exact) mass is 435 g/mol. The van der Waals surface area contributed by atoms with Gasteiger partial charge >= 0.3 is 100 Å². The number of benzene rings is 1. The molecular weight excluding hydrogens is 413 g/mol. The van der Waals surface area contributed by atoms with Gasteiger partial charge in [-0.3, -0.25) is 9.59 Å². The van der Waals surface area contributed by atoms with Crippen LogP contribution in [0.2, 0.25) is 0 Å². The molecule has 0 bridgehead atoms. The van der Waals surface area contributed by atoms with Crippen molar-refractivity contribution in [3.8, 4) is 5.75 Å². The van der Waals surface area contributed by atoms with E-state index in [9.17, 15) is 23.2 Å². The fourth-order valence-corrected chi connectivity index (χ4v) is 3.17. The van der Waals surface area contributed by atoms with Crippen LogP contribution in [0.25, 0.3) is 0 Å². The standard InChI is InChI=1S/C8H10AsNO5.C7H12O4/c1-5(11)10-8-6(9(13,14)15)3-2-4-7(8)12;1-3-10-6(8)5-7(9)11-4-2/h2-4,12H,1H3,(H,10,11)(H2,13,14,15);3-5H2,1-2H3. The summed E-state index contributed by atoms with van der Waals surface area (Å²) in [6, 6.07) is 3.71. The SMILES string of the molecule is CC(=O)Nc1c(O)cccc1[As](=O)(O)O.CCOC(=O)CC(=O)OCC. The molecule has 0 atom stereocenters. The van der Waals surface area contributed by atoms with Crippen LogP contribution in [0, 0.1) is 0 Å². The van der Waals surface area contributed by atoms with Crippen molar-refractivity contribution in [2.45, 2.75) is 27.2 Å². The number of hydrogen-bond acceptors (Lipinski definition) is 7. The fraction of sp³-hybridized carbons (Fsp3) is 0.400. The van der Waals surface area contributed by atoms with Crippen molar-refractivity contribution in [3.05, 3.63) is 18.2 Å². The number of hydrogen-bond donors (Lipinski definition) is 4. The van der Waals surface area contributed by atoms with E-state index in [2.05, 4.69) is 14.8 Å². The van der Waals surface area contributed by atoms with Crippen LogP contribution < -0.4 is 9.67 Å². The van der Waals surface area contributed by atoms with Crippen molar-refractivity contribution < 1.29 is 40.9 Å². The van der Waals surface area contributed by atoms with Crippen molar-refractivity contribution >= 4 is 42.1 Å². The summed E-state index contributed by atoms with van der Waals surface area (Å²) < 4.78 is 37.8. The minimum absolute atomic E-state index is 0.225. The molecule has 4 N–H and O–H groups in total. The second-order valence-electron chi connectivity index (χ2n) is 4.68. The Kier molecular flexibility index (Phi) is 10.3. The van der Waals surface area contributed by atoms with E-state index < -0.39 is 32.0 Å². The summed E-state index contributed by atoms with van der Waals surface area (Å²) in [4.78, 5) is 32.0. The maximum Gasteiger partial charge on any atom is 0.317 e. The number of para-hydroxylation sites is 1. The first-order valence-electron chi connectivity index (χ1n) is 7.49. The first kappa shape index (κ1) is 23.7. The third-order valence-corrected chi connectivity index (χ3v) is 4.63. The second-order valence-corrected chi connectivity index (χ2v) is 7.98. The number of phenolic OH excluding ortho intramolecular Hbond substituents is 1. The number of amides is 1. The van der Waals surface area contributed by atoms with Crippen LogP contribution in [0.5, 0.6) is 5.75 Å². The average molecular weight is 435 g/mol. The van der Waals surface area contributed by atoms with E-state index in [1.807, 2.05) is 0 Å². The van der Waals surface area contributed by atoms with Gasteiger partial charge in [0, 0.05) is 0 Å². The third kappa shape index (κ3) is 9.26. The zero-order valence-electron chi connectivity index (χ0n) is 14.6. The molecule has 0 fully saturated rings. The van der Waals surface area contributed by atoms with Crippen LogP contribution >= 0.6 is 0 Å². The number of esters is 2. The van der Waals surface area contributed by atoms with Crippen LogP contribution in [0.4, 0.5) is 5.69 Å². The number of carbonyl (C=O) groups excluding carboxylic acids is 3. The van der Waals surface area contributed by atoms with Crippen molar-refractivity contribution in [1.82, 2.24) is 0 Å². The minimum atomic E-state index is -5.14. The normalized spacial score (nSPS) is 10.2. The summed E-state index contributed by atoms with van der Waals surface area (Å²) in [5.41, 5.74) is -0.225. The van der Waals surface area contributed by atoms with Crippen LogP contribution in [0.3, 0.4) is 0 Å². The number of aromatic hydroxyl groups is 1. The summed E-state index contributed by atoms with van der Waals surface area (Å²) in [6.45, 7) is 5.13. The molecule has 0 aromatic heterocycles. The van der Waals surface area contributed by atoms with E-state index in [0.717, 1.165) is 0 Å². The van der Waals surface area contributed by atoms with Crippen LogP contribution in [-0.4, -0.2) is 58.5 Å². The molecular formula is C15H22AsNO9. The van der Waals surface area contributed by atoms with E-state index >= 15 is 0 Å². The Morgan fingerprint density at radius 3 is 1.96 bits per heavy atom. The van der Waals surface area contributed by atoms with Gasteiger partial charge in [0.25, 0.3) is 0 Å². The van der Waals surface area contributed by atoms with E-state index in [0.29, 0.717) is 0 Å². The topological polar surface area (TPSA) is 159 Å². The van der Waals surface area contributed by atoms with E-state index in [1.165, 1.54) is 25.1 Å². The molecule has 10 nitrogen and oxygen atoms in total. The molecule has 146 valence electrons. The van der Waals surface area contributed by atoms with Gasteiger partial charge in [0.05, 0.1) is 13.2 Å². The molecule has 0 aliphatic heterocycles. The van der Waals surface area contributed by atoms with Gasteiger partial charge in [-0.25, -0.2) is 0 Å². The Hall–Kier alpha value is -2.29. The summed E-state index contributed by atoms with van der Waals surface area (Å²) in [5.74, 6) is -1.95. The van der Waals surface area contributed by atoms with Gasteiger partial charge in [0.15, 0.2) is 0 Å². The Bertz CT molecular complexity index is 668. The fourth-order valence-electron chi connectivity index (χ4n) is 1.62. The van der Waals surface area contributed by atoms with Gasteiger partial charge in [-0.15, -0.1) is 0 Å². The van der Waals surface area contributed by atoms with Crippen LogP contribution in [0.1, 0.15) is 27.2 Å². The zero-order valence-corrected chi connectivity index (χ0v) is 16.5. The second kappa shape index (κ2) is 11.3. The molecule has 0 saturated heterocycles. The van der Waals surface area contributed by atoms with Gasteiger partial charge in [-0.05, 0) is 13.8 Å². The van der Waals surface area contributed by atoms with Gasteiger partial charge in [-0.2, -0.15) is 0 Å². The van der Waals surface area contributed by atoms with Crippen LogP contribution in [-0.2, 0) is 27.6 Å². The van der Waals surface area contributed by atoms with Crippen molar-refractivity contribution in [3.63, 3.8) is 0 Å². The number of phenols is 1. The van der Waals surface area contributed by atoms with Gasteiger partial charge in [-0.1, -0.05) is 0 Å². The number of anilines is 1. The Labute approximate surface area is 153 Å². The molecule has 0 heterocycles. The number of nitrogens with one attached hydrogen (secondary N) is 1. The Morgan fingerprint density at radius 1 is 1.08 bits per heavy atom. The summed E-state index contributed by atoms with van der Waals surface area (Å²) in [6.07, 6.45) is -0.290. The first-order chi connectivity index (χ1) is 12.0. The predicted octanol–water partition coefficient (Wildman–Crippen LogP) is -0.586. The number of carbonyl (C=O) groups is 3. The Morgan fingerprint density at radius 2 is 1.58 bits per heavy atom. The van der Waals surface area contributed by atoms with Gasteiger partial charge < -0.3 is 9.47 Å². The molecule has 0 spiro atoms. The number of rotatable bonds is 6. The summed E-state index contributed by atoms with van der Waals surface area (Å²) in [7, 11) is 0. The minimum Gasteiger partial charge on any atom is -0.466 e. The molecule has 1 amide bonds. The molecule has 11 heteroatoms. The molecule has 0 radical (unpaired) electrons. The Balaban J connectivity index is 0.000000508. The summed E-state index contributed by atoms with van der Waals surface area (Å²) >= 11 is -5.14. The van der Waals surface area contributed by atoms with E-state index in [4.69, 9.17) is 8.19 Å². The van der Waals surface area contributed by atoms with Gasteiger partial charge in [0.2, 0.25) is 0 Å². The van der Waals surface area contributed by atoms with Crippen LogP contribution in [0.15, 0.2) is 18.2 Å².